The third-order valence-electron chi connectivity index (χ3n) is 3.82. The highest BCUT2D eigenvalue weighted by Gasteiger charge is 2.39. The first-order valence-electron chi connectivity index (χ1n) is 6.47. The summed E-state index contributed by atoms with van der Waals surface area (Å²) < 4.78 is 13.0. The number of ether oxygens (including phenoxy) is 2. The molecule has 1 aromatic heterocycles. The van der Waals surface area contributed by atoms with Crippen molar-refractivity contribution in [2.75, 3.05) is 20.3 Å². The van der Waals surface area contributed by atoms with E-state index in [1.165, 1.54) is 0 Å². The molecule has 0 amide bonds. The fourth-order valence-electron chi connectivity index (χ4n) is 2.54. The van der Waals surface area contributed by atoms with Crippen molar-refractivity contribution in [3.63, 3.8) is 0 Å². The van der Waals surface area contributed by atoms with Crippen LogP contribution < -0.4 is 5.73 Å². The number of rotatable bonds is 5. The maximum atomic E-state index is 6.35. The molecule has 0 radical (unpaired) electrons. The second-order valence-corrected chi connectivity index (χ2v) is 4.68. The summed E-state index contributed by atoms with van der Waals surface area (Å²) in [6.45, 7) is 4.28. The number of nitrogens with two attached hydrogens (primary N) is 1. The van der Waals surface area contributed by atoms with Gasteiger partial charge in [-0.15, -0.1) is 0 Å². The van der Waals surface area contributed by atoms with Crippen LogP contribution in [0.25, 0.3) is 0 Å². The predicted molar refractivity (Wildman–Crippen MR) is 67.2 cm³/mol. The van der Waals surface area contributed by atoms with Crippen LogP contribution >= 0.6 is 0 Å². The molecule has 2 rings (SSSR count). The summed E-state index contributed by atoms with van der Waals surface area (Å²) in [6, 6.07) is -0.0825. The monoisotopic (exact) mass is 254 g/mol. The maximum Gasteiger partial charge on any atom is 0.138 e. The lowest BCUT2D eigenvalue weighted by atomic mass is 9.84. The van der Waals surface area contributed by atoms with Crippen molar-refractivity contribution in [1.29, 1.82) is 0 Å². The zero-order valence-corrected chi connectivity index (χ0v) is 11.1. The van der Waals surface area contributed by atoms with Gasteiger partial charge >= 0.3 is 0 Å². The highest BCUT2D eigenvalue weighted by molar-refractivity contribution is 4.99. The Balaban J connectivity index is 2.07. The van der Waals surface area contributed by atoms with Gasteiger partial charge in [0.25, 0.3) is 0 Å². The average molecular weight is 254 g/mol. The van der Waals surface area contributed by atoms with Crippen molar-refractivity contribution in [2.45, 2.75) is 44.4 Å². The van der Waals surface area contributed by atoms with Crippen molar-refractivity contribution < 1.29 is 9.47 Å². The number of aryl methyl sites for hydroxylation is 1. The van der Waals surface area contributed by atoms with Crippen LogP contribution in [0.15, 0.2) is 6.33 Å². The van der Waals surface area contributed by atoms with E-state index in [0.717, 1.165) is 25.2 Å². The predicted octanol–water partition coefficient (Wildman–Crippen LogP) is 0.363. The molecule has 2 N–H and O–H groups in total. The van der Waals surface area contributed by atoms with Crippen LogP contribution in [0.4, 0.5) is 0 Å². The molecule has 0 aromatic carbocycles. The van der Waals surface area contributed by atoms with Gasteiger partial charge in [0.2, 0.25) is 0 Å². The van der Waals surface area contributed by atoms with E-state index >= 15 is 0 Å². The lowest BCUT2D eigenvalue weighted by Gasteiger charge is -2.40. The maximum absolute atomic E-state index is 6.35. The summed E-state index contributed by atoms with van der Waals surface area (Å²) in [5, 5.41) is 4.17. The zero-order valence-electron chi connectivity index (χ0n) is 11.1. The number of hydrogen-bond acceptors (Lipinski definition) is 5. The van der Waals surface area contributed by atoms with Crippen molar-refractivity contribution in [2.24, 2.45) is 5.73 Å². The van der Waals surface area contributed by atoms with Crippen LogP contribution in [-0.4, -0.2) is 46.7 Å². The van der Waals surface area contributed by atoms with Gasteiger partial charge in [-0.25, -0.2) is 4.98 Å². The van der Waals surface area contributed by atoms with Crippen LogP contribution in [-0.2, 0) is 22.4 Å². The van der Waals surface area contributed by atoms with Gasteiger partial charge in [-0.05, 0) is 6.92 Å². The molecule has 1 unspecified atom stereocenters. The molecular weight excluding hydrogens is 232 g/mol. The quantitative estimate of drug-likeness (QED) is 0.821. The smallest absolute Gasteiger partial charge is 0.138 e. The molecule has 0 spiro atoms. The SMILES string of the molecule is CCn1ncnc1CC(N)C1(OC)CCOCC1. The van der Waals surface area contributed by atoms with E-state index in [9.17, 15) is 0 Å². The fourth-order valence-corrected chi connectivity index (χ4v) is 2.54. The van der Waals surface area contributed by atoms with E-state index in [0.29, 0.717) is 19.6 Å². The van der Waals surface area contributed by atoms with Crippen molar-refractivity contribution in [3.05, 3.63) is 12.2 Å². The van der Waals surface area contributed by atoms with Crippen molar-refractivity contribution in [3.8, 4) is 0 Å². The first-order chi connectivity index (χ1) is 8.72. The largest absolute Gasteiger partial charge is 0.381 e. The molecule has 6 nitrogen and oxygen atoms in total. The molecule has 102 valence electrons. The third kappa shape index (κ3) is 2.55. The Kier molecular flexibility index (Phi) is 4.31. The summed E-state index contributed by atoms with van der Waals surface area (Å²) in [5.41, 5.74) is 6.06. The molecule has 1 saturated heterocycles. The molecule has 18 heavy (non-hydrogen) atoms. The van der Waals surface area contributed by atoms with E-state index in [4.69, 9.17) is 15.2 Å². The summed E-state index contributed by atoms with van der Waals surface area (Å²) in [7, 11) is 1.73. The van der Waals surface area contributed by atoms with E-state index < -0.39 is 0 Å². The molecule has 1 aromatic rings. The molecule has 1 fully saturated rings. The summed E-state index contributed by atoms with van der Waals surface area (Å²) >= 11 is 0. The third-order valence-corrected chi connectivity index (χ3v) is 3.82. The summed E-state index contributed by atoms with van der Waals surface area (Å²) in [5.74, 6) is 0.924. The second kappa shape index (κ2) is 5.77. The first kappa shape index (κ1) is 13.5. The first-order valence-corrected chi connectivity index (χ1v) is 6.47. The van der Waals surface area contributed by atoms with Crippen LogP contribution in [0, 0.1) is 0 Å². The van der Waals surface area contributed by atoms with Crippen LogP contribution in [0.3, 0.4) is 0 Å². The normalized spacial score (nSPS) is 20.8. The summed E-state index contributed by atoms with van der Waals surface area (Å²) in [4.78, 5) is 4.27. The fraction of sp³-hybridized carbons (Fsp3) is 0.833. The van der Waals surface area contributed by atoms with Gasteiger partial charge in [0.15, 0.2) is 0 Å². The van der Waals surface area contributed by atoms with Gasteiger partial charge in [-0.2, -0.15) is 5.10 Å². The van der Waals surface area contributed by atoms with Crippen molar-refractivity contribution in [1.82, 2.24) is 14.8 Å². The van der Waals surface area contributed by atoms with Gasteiger partial charge in [-0.3, -0.25) is 4.68 Å². The van der Waals surface area contributed by atoms with Crippen molar-refractivity contribution >= 4 is 0 Å². The van der Waals surface area contributed by atoms with E-state index in [1.807, 2.05) is 11.6 Å². The lowest BCUT2D eigenvalue weighted by molar-refractivity contribution is -0.104. The molecule has 0 saturated carbocycles. The van der Waals surface area contributed by atoms with Gasteiger partial charge < -0.3 is 15.2 Å². The van der Waals surface area contributed by atoms with Crippen LogP contribution in [0.2, 0.25) is 0 Å². The number of aromatic nitrogens is 3. The average Bonchev–Trinajstić information content (AvgIpc) is 2.86. The molecule has 6 heteroatoms. The lowest BCUT2D eigenvalue weighted by Crippen LogP contribution is -2.54. The Hall–Kier alpha value is -0.980. The zero-order chi connectivity index (χ0) is 13.0. The standard InChI is InChI=1S/C12H22N4O2/c1-3-16-11(14-9-15-16)8-10(13)12(17-2)4-6-18-7-5-12/h9-10H,3-8,13H2,1-2H3. The van der Waals surface area contributed by atoms with E-state index in [2.05, 4.69) is 10.1 Å². The minimum Gasteiger partial charge on any atom is -0.381 e. The minimum absolute atomic E-state index is 0.0825. The topological polar surface area (TPSA) is 75.2 Å². The Morgan fingerprint density at radius 3 is 2.89 bits per heavy atom. The number of hydrogen-bond donors (Lipinski definition) is 1. The Morgan fingerprint density at radius 1 is 1.56 bits per heavy atom. The molecule has 1 aliphatic rings. The van der Waals surface area contributed by atoms with E-state index in [1.54, 1.807) is 13.4 Å². The molecule has 1 atom stereocenters. The molecular formula is C12H22N4O2. The van der Waals surface area contributed by atoms with Gasteiger partial charge in [0.05, 0.1) is 5.60 Å². The highest BCUT2D eigenvalue weighted by atomic mass is 16.5. The van der Waals surface area contributed by atoms with Gasteiger partial charge in [-0.1, -0.05) is 0 Å². The molecule has 1 aliphatic heterocycles. The Bertz CT molecular complexity index is 374. The second-order valence-electron chi connectivity index (χ2n) is 4.68. The van der Waals surface area contributed by atoms with Gasteiger partial charge in [0.1, 0.15) is 12.2 Å². The minimum atomic E-state index is -0.289. The molecule has 2 heterocycles. The summed E-state index contributed by atoms with van der Waals surface area (Å²) in [6.07, 6.45) is 3.94. The van der Waals surface area contributed by atoms with Gasteiger partial charge in [0, 0.05) is 52.2 Å². The van der Waals surface area contributed by atoms with Crippen LogP contribution in [0.1, 0.15) is 25.6 Å². The Morgan fingerprint density at radius 2 is 2.28 bits per heavy atom. The highest BCUT2D eigenvalue weighted by Crippen LogP contribution is 2.28. The Labute approximate surface area is 107 Å². The number of nitrogens with zero attached hydrogens (tertiary/aromatic N) is 3. The molecule has 0 bridgehead atoms. The van der Waals surface area contributed by atoms with E-state index in [-0.39, 0.29) is 11.6 Å². The molecule has 0 aliphatic carbocycles. The van der Waals surface area contributed by atoms with Crippen LogP contribution in [0.5, 0.6) is 0 Å². The number of methoxy groups -OCH3 is 1.